The number of likely N-dealkylation sites (N-methyl/N-ethyl adjacent to an activating group) is 1. The third-order valence-electron chi connectivity index (χ3n) is 3.08. The highest BCUT2D eigenvalue weighted by atomic mass is 79.9. The van der Waals surface area contributed by atoms with Crippen molar-refractivity contribution in [3.05, 3.63) is 28.2 Å². The van der Waals surface area contributed by atoms with E-state index in [1.807, 2.05) is 25.1 Å². The molecule has 1 unspecified atom stereocenters. The Bertz CT molecular complexity index is 502. The largest absolute Gasteiger partial charge is 0.372 e. The highest BCUT2D eigenvalue weighted by Crippen LogP contribution is 2.28. The Hall–Kier alpha value is -1.36. The second kappa shape index (κ2) is 5.10. The van der Waals surface area contributed by atoms with Gasteiger partial charge in [0.25, 0.3) is 5.91 Å². The molecule has 1 fully saturated rings. The Morgan fingerprint density at radius 1 is 1.44 bits per heavy atom. The van der Waals surface area contributed by atoms with E-state index in [9.17, 15) is 9.59 Å². The summed E-state index contributed by atoms with van der Waals surface area (Å²) in [6.07, 6.45) is 0.229. The number of nitrogens with one attached hydrogen (secondary N) is 1. The van der Waals surface area contributed by atoms with Crippen molar-refractivity contribution >= 4 is 33.4 Å². The van der Waals surface area contributed by atoms with E-state index in [0.717, 1.165) is 15.7 Å². The molecule has 1 aliphatic heterocycles. The Morgan fingerprint density at radius 3 is 2.78 bits per heavy atom. The molecule has 0 aromatic heterocycles. The van der Waals surface area contributed by atoms with Crippen LogP contribution in [0.3, 0.4) is 0 Å². The van der Waals surface area contributed by atoms with Crippen LogP contribution in [0, 0.1) is 6.92 Å². The minimum absolute atomic E-state index is 0.108. The molecule has 1 N–H and O–H groups in total. The second-order valence-corrected chi connectivity index (χ2v) is 5.11. The SMILES string of the molecule is CCN1C(=O)CC(Nc2cccc(C)c2Br)C1=O. The van der Waals surface area contributed by atoms with Gasteiger partial charge in [-0.05, 0) is 41.4 Å². The van der Waals surface area contributed by atoms with Gasteiger partial charge in [-0.25, -0.2) is 0 Å². The van der Waals surface area contributed by atoms with Gasteiger partial charge in [-0.1, -0.05) is 12.1 Å². The molecular weight excluding hydrogens is 296 g/mol. The Kier molecular flexibility index (Phi) is 3.71. The summed E-state index contributed by atoms with van der Waals surface area (Å²) in [4.78, 5) is 24.9. The predicted molar refractivity (Wildman–Crippen MR) is 73.3 cm³/mol. The van der Waals surface area contributed by atoms with E-state index in [1.54, 1.807) is 6.92 Å². The molecule has 0 bridgehead atoms. The number of aryl methyl sites for hydroxylation is 1. The first kappa shape index (κ1) is 13.1. The summed E-state index contributed by atoms with van der Waals surface area (Å²) in [6.45, 7) is 4.22. The Labute approximate surface area is 114 Å². The molecule has 5 heteroatoms. The van der Waals surface area contributed by atoms with Crippen LogP contribution in [0.5, 0.6) is 0 Å². The van der Waals surface area contributed by atoms with E-state index in [1.165, 1.54) is 4.90 Å². The van der Waals surface area contributed by atoms with E-state index < -0.39 is 6.04 Å². The number of benzene rings is 1. The molecule has 2 rings (SSSR count). The fourth-order valence-corrected chi connectivity index (χ4v) is 2.45. The average Bonchev–Trinajstić information content (AvgIpc) is 2.60. The zero-order valence-corrected chi connectivity index (χ0v) is 12.0. The average molecular weight is 311 g/mol. The molecule has 18 heavy (non-hydrogen) atoms. The lowest BCUT2D eigenvalue weighted by Crippen LogP contribution is -2.34. The number of anilines is 1. The van der Waals surface area contributed by atoms with Gasteiger partial charge in [0.05, 0.1) is 6.42 Å². The molecule has 1 aromatic rings. The Balaban J connectivity index is 2.18. The molecule has 1 atom stereocenters. The fourth-order valence-electron chi connectivity index (χ4n) is 2.07. The molecule has 1 aromatic carbocycles. The van der Waals surface area contributed by atoms with Gasteiger partial charge in [-0.3, -0.25) is 14.5 Å². The van der Waals surface area contributed by atoms with Gasteiger partial charge in [-0.2, -0.15) is 0 Å². The van der Waals surface area contributed by atoms with Gasteiger partial charge in [0.2, 0.25) is 5.91 Å². The maximum absolute atomic E-state index is 12.0. The molecule has 2 amide bonds. The van der Waals surface area contributed by atoms with Crippen molar-refractivity contribution in [2.75, 3.05) is 11.9 Å². The first-order valence-electron chi connectivity index (χ1n) is 5.90. The van der Waals surface area contributed by atoms with E-state index in [4.69, 9.17) is 0 Å². The number of hydrogen-bond donors (Lipinski definition) is 1. The third-order valence-corrected chi connectivity index (χ3v) is 4.13. The van der Waals surface area contributed by atoms with Gasteiger partial charge in [0.15, 0.2) is 0 Å². The highest BCUT2D eigenvalue weighted by molar-refractivity contribution is 9.10. The maximum Gasteiger partial charge on any atom is 0.252 e. The van der Waals surface area contributed by atoms with Crippen LogP contribution in [0.2, 0.25) is 0 Å². The maximum atomic E-state index is 12.0. The van der Waals surface area contributed by atoms with Crippen molar-refractivity contribution in [1.82, 2.24) is 4.90 Å². The molecule has 96 valence electrons. The first-order chi connectivity index (χ1) is 8.54. The van der Waals surface area contributed by atoms with Gasteiger partial charge in [0, 0.05) is 16.7 Å². The summed E-state index contributed by atoms with van der Waals surface area (Å²) < 4.78 is 0.931. The number of rotatable bonds is 3. The summed E-state index contributed by atoms with van der Waals surface area (Å²) in [5.41, 5.74) is 1.93. The lowest BCUT2D eigenvalue weighted by atomic mass is 10.2. The van der Waals surface area contributed by atoms with Crippen molar-refractivity contribution in [3.63, 3.8) is 0 Å². The van der Waals surface area contributed by atoms with Crippen molar-refractivity contribution in [2.45, 2.75) is 26.3 Å². The minimum atomic E-state index is -0.449. The number of carbonyl (C=O) groups excluding carboxylic acids is 2. The van der Waals surface area contributed by atoms with Crippen LogP contribution in [0.15, 0.2) is 22.7 Å². The van der Waals surface area contributed by atoms with E-state index in [2.05, 4.69) is 21.2 Å². The van der Waals surface area contributed by atoms with Gasteiger partial charge >= 0.3 is 0 Å². The first-order valence-corrected chi connectivity index (χ1v) is 6.69. The monoisotopic (exact) mass is 310 g/mol. The van der Waals surface area contributed by atoms with E-state index >= 15 is 0 Å². The summed E-state index contributed by atoms with van der Waals surface area (Å²) in [5.74, 6) is -0.250. The number of carbonyl (C=O) groups is 2. The summed E-state index contributed by atoms with van der Waals surface area (Å²) in [7, 11) is 0. The van der Waals surface area contributed by atoms with Crippen LogP contribution in [0.4, 0.5) is 5.69 Å². The number of amides is 2. The van der Waals surface area contributed by atoms with Crippen LogP contribution in [0.1, 0.15) is 18.9 Å². The van der Waals surface area contributed by atoms with Crippen LogP contribution < -0.4 is 5.32 Å². The lowest BCUT2D eigenvalue weighted by Gasteiger charge is -2.15. The molecule has 1 aliphatic rings. The zero-order valence-electron chi connectivity index (χ0n) is 10.4. The summed E-state index contributed by atoms with van der Waals surface area (Å²) >= 11 is 3.48. The normalized spacial score (nSPS) is 19.5. The predicted octanol–water partition coefficient (Wildman–Crippen LogP) is 2.32. The molecule has 4 nitrogen and oxygen atoms in total. The van der Waals surface area contributed by atoms with Crippen molar-refractivity contribution in [1.29, 1.82) is 0 Å². The van der Waals surface area contributed by atoms with Crippen LogP contribution >= 0.6 is 15.9 Å². The summed E-state index contributed by atoms with van der Waals surface area (Å²) in [6, 6.07) is 5.34. The topological polar surface area (TPSA) is 49.4 Å². The number of imide groups is 1. The number of nitrogens with zero attached hydrogens (tertiary/aromatic N) is 1. The van der Waals surface area contributed by atoms with Crippen LogP contribution in [-0.4, -0.2) is 29.3 Å². The minimum Gasteiger partial charge on any atom is -0.372 e. The van der Waals surface area contributed by atoms with Gasteiger partial charge in [0.1, 0.15) is 6.04 Å². The van der Waals surface area contributed by atoms with Crippen molar-refractivity contribution < 1.29 is 9.59 Å². The lowest BCUT2D eigenvalue weighted by molar-refractivity contribution is -0.138. The standard InChI is InChI=1S/C13H15BrN2O2/c1-3-16-11(17)7-10(13(16)18)15-9-6-4-5-8(2)12(9)14/h4-6,10,15H,3,7H2,1-2H3. The quantitative estimate of drug-likeness (QED) is 0.872. The second-order valence-electron chi connectivity index (χ2n) is 4.31. The number of halogens is 1. The van der Waals surface area contributed by atoms with E-state index in [0.29, 0.717) is 6.54 Å². The van der Waals surface area contributed by atoms with Crippen LogP contribution in [-0.2, 0) is 9.59 Å². The van der Waals surface area contributed by atoms with E-state index in [-0.39, 0.29) is 18.2 Å². The molecule has 0 spiro atoms. The molecule has 1 heterocycles. The Morgan fingerprint density at radius 2 is 2.17 bits per heavy atom. The number of likely N-dealkylation sites (tertiary alicyclic amines) is 1. The third kappa shape index (κ3) is 2.27. The summed E-state index contributed by atoms with van der Waals surface area (Å²) in [5, 5.41) is 3.14. The zero-order chi connectivity index (χ0) is 13.3. The molecule has 1 saturated heterocycles. The molecular formula is C13H15BrN2O2. The molecule has 0 aliphatic carbocycles. The van der Waals surface area contributed by atoms with Crippen molar-refractivity contribution in [3.8, 4) is 0 Å². The smallest absolute Gasteiger partial charge is 0.252 e. The fraction of sp³-hybridized carbons (Fsp3) is 0.385. The van der Waals surface area contributed by atoms with Crippen molar-refractivity contribution in [2.24, 2.45) is 0 Å². The molecule has 0 radical (unpaired) electrons. The van der Waals surface area contributed by atoms with Gasteiger partial charge < -0.3 is 5.32 Å². The highest BCUT2D eigenvalue weighted by Gasteiger charge is 2.37. The number of hydrogen-bond acceptors (Lipinski definition) is 3. The van der Waals surface area contributed by atoms with Gasteiger partial charge in [-0.15, -0.1) is 0 Å². The molecule has 0 saturated carbocycles. The van der Waals surface area contributed by atoms with Crippen LogP contribution in [0.25, 0.3) is 0 Å².